The van der Waals surface area contributed by atoms with Crippen molar-refractivity contribution in [2.75, 3.05) is 52.3 Å². The molecule has 0 saturated carbocycles. The molecule has 0 spiro atoms. The lowest BCUT2D eigenvalue weighted by Crippen LogP contribution is -2.53. The first-order valence-electron chi connectivity index (χ1n) is 22.7. The normalized spacial score (nSPS) is 16.7. The van der Waals surface area contributed by atoms with E-state index in [-0.39, 0.29) is 34.2 Å². The number of carbonyl (C=O) groups is 8. The third-order valence-corrected chi connectivity index (χ3v) is 13.3. The van der Waals surface area contributed by atoms with Crippen molar-refractivity contribution in [2.45, 2.75) is 64.1 Å². The number of carbonyl (C=O) groups excluding carboxylic acids is 8. The zero-order valence-electron chi connectivity index (χ0n) is 41.1. The number of hydrogen-bond donors (Lipinski definition) is 4. The minimum atomic E-state index is -1.38. The Hall–Kier alpha value is -7.51. The maximum Gasteiger partial charge on any atom is 0.357 e. The number of ether oxygens (including phenoxy) is 6. The standard InChI is InChI=1S/C28H29ClN4O8S.C21H24N4O6S/c1-16(41-14-17-4-8-19(29)9-5-17)23(24(34)32-27-30-21(15-42-27)26(36)39-3)33-25(35)22(31-28(33)37)18-6-10-20(11-7-18)40-13-12-38-2;1-5-11(2)16(17(26)24-20-22-14(10-32-20)19(28)31-4)25-18(27)15(23-21(25)29)12-6-8-13(30-3)9-7-12/h4-11,15-16,22-23H,12-14H2,1-3H3,(H,31,37)(H,30,32,34);6-11,15-16H,5H2,1-4H3,(H,23,29)(H,22,24,26)/t16-,22-,23+;11-,15-,16+/m11/s1. The van der Waals surface area contributed by atoms with Gasteiger partial charge < -0.3 is 49.7 Å². The van der Waals surface area contributed by atoms with E-state index in [2.05, 4.69) is 40.7 Å². The van der Waals surface area contributed by atoms with Gasteiger partial charge in [0.25, 0.3) is 17.7 Å². The molecule has 6 atom stereocenters. The Morgan fingerprint density at radius 1 is 0.676 bits per heavy atom. The second kappa shape index (κ2) is 25.9. The molecule has 0 radical (unpaired) electrons. The van der Waals surface area contributed by atoms with Crippen LogP contribution in [0.15, 0.2) is 83.6 Å². The molecular weight excluding hydrogens is 1020 g/mol. The largest absolute Gasteiger partial charge is 0.497 e. The van der Waals surface area contributed by atoms with Gasteiger partial charge in [0.2, 0.25) is 5.91 Å². The average Bonchev–Trinajstić information content (AvgIpc) is 4.20. The molecule has 22 nitrogen and oxygen atoms in total. The van der Waals surface area contributed by atoms with Gasteiger partial charge in [0.1, 0.15) is 42.3 Å². The fourth-order valence-corrected chi connectivity index (χ4v) is 8.96. The number of benzene rings is 3. The molecule has 3 aromatic carbocycles. The summed E-state index contributed by atoms with van der Waals surface area (Å²) >= 11 is 8.00. The predicted molar refractivity (Wildman–Crippen MR) is 270 cm³/mol. The second-order valence-corrected chi connectivity index (χ2v) is 18.5. The molecule has 2 saturated heterocycles. The van der Waals surface area contributed by atoms with Crippen molar-refractivity contribution in [3.05, 3.63) is 117 Å². The Morgan fingerprint density at radius 2 is 1.15 bits per heavy atom. The smallest absolute Gasteiger partial charge is 0.357 e. The van der Waals surface area contributed by atoms with E-state index in [0.29, 0.717) is 47.3 Å². The molecule has 392 valence electrons. The molecule has 7 rings (SSSR count). The first kappa shape index (κ1) is 55.8. The lowest BCUT2D eigenvalue weighted by molar-refractivity contribution is -0.139. The topological polar surface area (TPSA) is 272 Å². The summed E-state index contributed by atoms with van der Waals surface area (Å²) in [5.74, 6) is -2.88. The van der Waals surface area contributed by atoms with Crippen molar-refractivity contribution in [2.24, 2.45) is 5.92 Å². The second-order valence-electron chi connectivity index (χ2n) is 16.3. The number of methoxy groups -OCH3 is 4. The number of hydrogen-bond acceptors (Lipinski definition) is 18. The van der Waals surface area contributed by atoms with Crippen LogP contribution >= 0.6 is 34.3 Å². The molecule has 25 heteroatoms. The molecule has 0 bridgehead atoms. The Labute approximate surface area is 437 Å². The number of thiazole rings is 2. The van der Waals surface area contributed by atoms with E-state index in [1.54, 1.807) is 93.8 Å². The molecule has 2 aliphatic heterocycles. The minimum absolute atomic E-state index is 0.00564. The summed E-state index contributed by atoms with van der Waals surface area (Å²) in [5.41, 5.74) is 1.92. The van der Waals surface area contributed by atoms with E-state index < -0.39 is 77.9 Å². The van der Waals surface area contributed by atoms with Crippen molar-refractivity contribution in [3.63, 3.8) is 0 Å². The molecule has 8 amide bonds. The number of imide groups is 2. The monoisotopic (exact) mass is 1080 g/mol. The van der Waals surface area contributed by atoms with Crippen LogP contribution in [-0.2, 0) is 44.7 Å². The van der Waals surface area contributed by atoms with Gasteiger partial charge in [-0.1, -0.05) is 68.3 Å². The van der Waals surface area contributed by atoms with Gasteiger partial charge in [-0.25, -0.2) is 38.9 Å². The summed E-state index contributed by atoms with van der Waals surface area (Å²) in [6, 6.07) is 14.6. The summed E-state index contributed by atoms with van der Waals surface area (Å²) in [5, 5.41) is 14.2. The highest BCUT2D eigenvalue weighted by Crippen LogP contribution is 2.31. The summed E-state index contributed by atoms with van der Waals surface area (Å²) in [6.07, 6.45) is -0.390. The SMILES string of the molecule is CC[C@@H](C)[C@@H](C(=O)Nc1nc(C(=O)OC)cs1)N1C(=O)N[C@H](c2ccc(OC)cc2)C1=O.COCCOc1ccc([C@H]2NC(=O)N([C@H](C(=O)Nc3nc(C(=O)OC)cs3)[C@@H](C)OCc3ccc(Cl)cc3)C2=O)cc1. The zero-order chi connectivity index (χ0) is 53.6. The predicted octanol–water partition coefficient (Wildman–Crippen LogP) is 6.40. The van der Waals surface area contributed by atoms with E-state index in [0.717, 1.165) is 38.0 Å². The Morgan fingerprint density at radius 3 is 1.61 bits per heavy atom. The molecule has 4 heterocycles. The summed E-state index contributed by atoms with van der Waals surface area (Å²) in [4.78, 5) is 113. The maximum atomic E-state index is 13.6. The third-order valence-electron chi connectivity index (χ3n) is 11.6. The summed E-state index contributed by atoms with van der Waals surface area (Å²) in [7, 11) is 5.55. The van der Waals surface area contributed by atoms with Crippen LogP contribution in [0.1, 0.15) is 76.9 Å². The number of esters is 2. The van der Waals surface area contributed by atoms with Gasteiger partial charge in [-0.05, 0) is 65.9 Å². The van der Waals surface area contributed by atoms with Crippen molar-refractivity contribution < 1.29 is 66.8 Å². The van der Waals surface area contributed by atoms with Gasteiger partial charge in [0, 0.05) is 22.9 Å². The quantitative estimate of drug-likeness (QED) is 0.0352. The molecule has 0 aliphatic carbocycles. The van der Waals surface area contributed by atoms with Crippen LogP contribution in [0.4, 0.5) is 19.9 Å². The molecular formula is C49H53ClN8O14S2. The van der Waals surface area contributed by atoms with Crippen LogP contribution in [0.25, 0.3) is 0 Å². The molecule has 5 aromatic rings. The highest BCUT2D eigenvalue weighted by molar-refractivity contribution is 7.14. The van der Waals surface area contributed by atoms with Crippen molar-refractivity contribution in [1.82, 2.24) is 30.4 Å². The van der Waals surface area contributed by atoms with E-state index >= 15 is 0 Å². The van der Waals surface area contributed by atoms with Gasteiger partial charge in [0.05, 0.1) is 40.6 Å². The van der Waals surface area contributed by atoms with Crippen LogP contribution in [-0.4, -0.2) is 127 Å². The Kier molecular flexibility index (Phi) is 19.6. The fourth-order valence-electron chi connectivity index (χ4n) is 7.47. The van der Waals surface area contributed by atoms with Crippen molar-refractivity contribution in [1.29, 1.82) is 0 Å². The number of halogens is 1. The van der Waals surface area contributed by atoms with Crippen molar-refractivity contribution >= 4 is 92.2 Å². The summed E-state index contributed by atoms with van der Waals surface area (Å²) in [6.45, 7) is 6.09. The minimum Gasteiger partial charge on any atom is -0.497 e. The number of aromatic nitrogens is 2. The Bertz CT molecular complexity index is 2810. The Balaban J connectivity index is 0.000000250. The molecule has 74 heavy (non-hydrogen) atoms. The summed E-state index contributed by atoms with van der Waals surface area (Å²) < 4.78 is 30.9. The van der Waals surface area contributed by atoms with Gasteiger partial charge >= 0.3 is 24.0 Å². The van der Waals surface area contributed by atoms with Crippen LogP contribution in [0.3, 0.4) is 0 Å². The number of nitrogens with one attached hydrogen (secondary N) is 4. The highest BCUT2D eigenvalue weighted by atomic mass is 35.5. The number of amides is 8. The van der Waals surface area contributed by atoms with Crippen LogP contribution < -0.4 is 30.7 Å². The number of nitrogens with zero attached hydrogens (tertiary/aromatic N) is 4. The van der Waals surface area contributed by atoms with Gasteiger partial charge in [-0.2, -0.15) is 0 Å². The molecule has 2 aliphatic rings. The highest BCUT2D eigenvalue weighted by Gasteiger charge is 2.49. The number of rotatable bonds is 21. The fraction of sp³-hybridized carbons (Fsp3) is 0.347. The first-order chi connectivity index (χ1) is 35.5. The first-order valence-corrected chi connectivity index (χ1v) is 24.8. The van der Waals surface area contributed by atoms with Gasteiger partial charge in [-0.15, -0.1) is 22.7 Å². The molecule has 4 N–H and O–H groups in total. The van der Waals surface area contributed by atoms with E-state index in [1.165, 1.54) is 32.1 Å². The molecule has 0 unspecified atom stereocenters. The zero-order valence-corrected chi connectivity index (χ0v) is 43.5. The number of urea groups is 2. The van der Waals surface area contributed by atoms with Crippen molar-refractivity contribution in [3.8, 4) is 11.5 Å². The van der Waals surface area contributed by atoms with E-state index in [9.17, 15) is 38.4 Å². The lowest BCUT2D eigenvalue weighted by Gasteiger charge is -2.29. The average molecular weight is 1080 g/mol. The van der Waals surface area contributed by atoms with E-state index in [4.69, 9.17) is 30.5 Å². The third kappa shape index (κ3) is 13.6. The van der Waals surface area contributed by atoms with Crippen LogP contribution in [0, 0.1) is 5.92 Å². The number of anilines is 2. The van der Waals surface area contributed by atoms with Crippen LogP contribution in [0.2, 0.25) is 5.02 Å². The maximum absolute atomic E-state index is 13.6. The molecule has 2 aromatic heterocycles. The lowest BCUT2D eigenvalue weighted by atomic mass is 9.96. The molecule has 2 fully saturated rings. The van der Waals surface area contributed by atoms with Gasteiger partial charge in [0.15, 0.2) is 21.7 Å². The van der Waals surface area contributed by atoms with E-state index in [1.807, 2.05) is 6.92 Å². The van der Waals surface area contributed by atoms with Crippen LogP contribution in [0.5, 0.6) is 11.5 Å². The van der Waals surface area contributed by atoms with Gasteiger partial charge in [-0.3, -0.25) is 19.2 Å².